The van der Waals surface area contributed by atoms with E-state index in [0.29, 0.717) is 18.9 Å². The Bertz CT molecular complexity index is 398. The second-order valence-corrected chi connectivity index (χ2v) is 5.73. The summed E-state index contributed by atoms with van der Waals surface area (Å²) in [5.41, 5.74) is 0. The standard InChI is InChI=1S/C14H25N3O4/c1-4-10-5-6-17(11(7-10)13(19)20)14(21)15-8-12(18)16-9(2)3/h9-11H,4-8H2,1-3H3,(H,15,21)(H,16,18)(H,19,20). The van der Waals surface area contributed by atoms with Gasteiger partial charge in [-0.05, 0) is 32.6 Å². The lowest BCUT2D eigenvalue weighted by molar-refractivity contribution is -0.144. The van der Waals surface area contributed by atoms with Crippen molar-refractivity contribution >= 4 is 17.9 Å². The number of carboxylic acids is 1. The molecular weight excluding hydrogens is 274 g/mol. The summed E-state index contributed by atoms with van der Waals surface area (Å²) in [5.74, 6) is -0.942. The van der Waals surface area contributed by atoms with Gasteiger partial charge in [0.25, 0.3) is 0 Å². The summed E-state index contributed by atoms with van der Waals surface area (Å²) in [6.45, 7) is 5.95. The summed E-state index contributed by atoms with van der Waals surface area (Å²) in [6, 6.07) is -1.30. The van der Waals surface area contributed by atoms with Crippen LogP contribution in [0.2, 0.25) is 0 Å². The number of piperidine rings is 1. The molecule has 2 unspecified atom stereocenters. The van der Waals surface area contributed by atoms with E-state index in [4.69, 9.17) is 0 Å². The van der Waals surface area contributed by atoms with Crippen molar-refractivity contribution in [2.75, 3.05) is 13.1 Å². The van der Waals surface area contributed by atoms with E-state index in [2.05, 4.69) is 10.6 Å². The van der Waals surface area contributed by atoms with Crippen LogP contribution in [0.25, 0.3) is 0 Å². The number of nitrogens with zero attached hydrogens (tertiary/aromatic N) is 1. The Hall–Kier alpha value is -1.79. The minimum Gasteiger partial charge on any atom is -0.480 e. The first-order valence-electron chi connectivity index (χ1n) is 7.41. The van der Waals surface area contributed by atoms with Crippen molar-refractivity contribution in [3.63, 3.8) is 0 Å². The average molecular weight is 299 g/mol. The van der Waals surface area contributed by atoms with Gasteiger partial charge in [-0.2, -0.15) is 0 Å². The maximum absolute atomic E-state index is 12.1. The number of hydrogen-bond donors (Lipinski definition) is 3. The molecule has 21 heavy (non-hydrogen) atoms. The Morgan fingerprint density at radius 2 is 2.00 bits per heavy atom. The van der Waals surface area contributed by atoms with E-state index in [1.807, 2.05) is 20.8 Å². The highest BCUT2D eigenvalue weighted by molar-refractivity contribution is 5.86. The van der Waals surface area contributed by atoms with Crippen molar-refractivity contribution in [3.8, 4) is 0 Å². The van der Waals surface area contributed by atoms with E-state index in [0.717, 1.165) is 12.8 Å². The van der Waals surface area contributed by atoms with Gasteiger partial charge in [-0.3, -0.25) is 4.79 Å². The van der Waals surface area contributed by atoms with Crippen LogP contribution in [0, 0.1) is 5.92 Å². The third-order valence-electron chi connectivity index (χ3n) is 3.68. The van der Waals surface area contributed by atoms with Crippen molar-refractivity contribution < 1.29 is 19.5 Å². The van der Waals surface area contributed by atoms with Gasteiger partial charge in [-0.25, -0.2) is 9.59 Å². The second-order valence-electron chi connectivity index (χ2n) is 5.73. The highest BCUT2D eigenvalue weighted by atomic mass is 16.4. The Morgan fingerprint density at radius 3 is 2.52 bits per heavy atom. The first-order chi connectivity index (χ1) is 9.85. The summed E-state index contributed by atoms with van der Waals surface area (Å²) in [7, 11) is 0. The molecule has 0 saturated carbocycles. The number of amides is 3. The molecule has 0 aliphatic carbocycles. The molecule has 120 valence electrons. The lowest BCUT2D eigenvalue weighted by Gasteiger charge is -2.36. The summed E-state index contributed by atoms with van der Waals surface area (Å²) >= 11 is 0. The molecule has 1 fully saturated rings. The van der Waals surface area contributed by atoms with Crippen LogP contribution in [0.5, 0.6) is 0 Å². The summed E-state index contributed by atoms with van der Waals surface area (Å²) in [4.78, 5) is 36.2. The van der Waals surface area contributed by atoms with Gasteiger partial charge in [0.1, 0.15) is 6.04 Å². The number of carbonyl (C=O) groups excluding carboxylic acids is 2. The maximum atomic E-state index is 12.1. The number of nitrogens with one attached hydrogen (secondary N) is 2. The number of likely N-dealkylation sites (tertiary alicyclic amines) is 1. The van der Waals surface area contributed by atoms with Crippen molar-refractivity contribution in [2.45, 2.75) is 52.1 Å². The fourth-order valence-corrected chi connectivity index (χ4v) is 2.52. The zero-order valence-electron chi connectivity index (χ0n) is 12.9. The molecule has 0 spiro atoms. The van der Waals surface area contributed by atoms with E-state index >= 15 is 0 Å². The zero-order valence-corrected chi connectivity index (χ0v) is 12.9. The molecule has 3 amide bonds. The number of carbonyl (C=O) groups is 3. The largest absolute Gasteiger partial charge is 0.480 e. The van der Waals surface area contributed by atoms with Gasteiger partial charge in [-0.15, -0.1) is 0 Å². The van der Waals surface area contributed by atoms with Crippen molar-refractivity contribution in [1.82, 2.24) is 15.5 Å². The lowest BCUT2D eigenvalue weighted by Crippen LogP contribution is -2.54. The van der Waals surface area contributed by atoms with Gasteiger partial charge >= 0.3 is 12.0 Å². The van der Waals surface area contributed by atoms with Crippen LogP contribution in [-0.4, -0.2) is 53.1 Å². The number of rotatable bonds is 5. The van der Waals surface area contributed by atoms with Gasteiger partial charge in [0, 0.05) is 12.6 Å². The molecule has 7 nitrogen and oxygen atoms in total. The predicted octanol–water partition coefficient (Wildman–Crippen LogP) is 0.796. The molecular formula is C14H25N3O4. The second kappa shape index (κ2) is 7.85. The van der Waals surface area contributed by atoms with E-state index in [9.17, 15) is 19.5 Å². The molecule has 0 aromatic heterocycles. The Kier molecular flexibility index (Phi) is 6.45. The summed E-state index contributed by atoms with van der Waals surface area (Å²) in [5, 5.41) is 14.4. The van der Waals surface area contributed by atoms with Gasteiger partial charge in [0.05, 0.1) is 6.54 Å². The Balaban J connectivity index is 2.55. The molecule has 1 aliphatic heterocycles. The van der Waals surface area contributed by atoms with Crippen LogP contribution in [0.1, 0.15) is 40.0 Å². The Labute approximate surface area is 125 Å². The number of hydrogen-bond acceptors (Lipinski definition) is 3. The molecule has 0 radical (unpaired) electrons. The number of aliphatic carboxylic acids is 1. The Morgan fingerprint density at radius 1 is 1.33 bits per heavy atom. The normalized spacial score (nSPS) is 22.0. The van der Waals surface area contributed by atoms with Crippen LogP contribution in [-0.2, 0) is 9.59 Å². The maximum Gasteiger partial charge on any atom is 0.326 e. The molecule has 1 rings (SSSR count). The molecule has 1 aliphatic rings. The average Bonchev–Trinajstić information content (AvgIpc) is 2.43. The molecule has 0 aromatic rings. The van der Waals surface area contributed by atoms with Crippen LogP contribution in [0.3, 0.4) is 0 Å². The van der Waals surface area contributed by atoms with Gasteiger partial charge in [-0.1, -0.05) is 13.3 Å². The van der Waals surface area contributed by atoms with Gasteiger partial charge in [0.2, 0.25) is 5.91 Å². The fourth-order valence-electron chi connectivity index (χ4n) is 2.52. The predicted molar refractivity (Wildman–Crippen MR) is 77.8 cm³/mol. The third kappa shape index (κ3) is 5.24. The first kappa shape index (κ1) is 17.3. The smallest absolute Gasteiger partial charge is 0.326 e. The third-order valence-corrected chi connectivity index (χ3v) is 3.68. The van der Waals surface area contributed by atoms with E-state index < -0.39 is 18.0 Å². The highest BCUT2D eigenvalue weighted by Gasteiger charge is 2.35. The highest BCUT2D eigenvalue weighted by Crippen LogP contribution is 2.25. The van der Waals surface area contributed by atoms with Gasteiger partial charge in [0.15, 0.2) is 0 Å². The number of carboxylic acid groups (broad SMARTS) is 1. The molecule has 0 bridgehead atoms. The SMILES string of the molecule is CCC1CCN(C(=O)NCC(=O)NC(C)C)C(C(=O)O)C1. The van der Waals surface area contributed by atoms with Crippen LogP contribution in [0.4, 0.5) is 4.79 Å². The van der Waals surface area contributed by atoms with Crippen molar-refractivity contribution in [1.29, 1.82) is 0 Å². The molecule has 7 heteroatoms. The van der Waals surface area contributed by atoms with E-state index in [1.165, 1.54) is 4.90 Å². The molecule has 3 N–H and O–H groups in total. The minimum absolute atomic E-state index is 0.00136. The van der Waals surface area contributed by atoms with Crippen LogP contribution < -0.4 is 10.6 Å². The monoisotopic (exact) mass is 299 g/mol. The fraction of sp³-hybridized carbons (Fsp3) is 0.786. The van der Waals surface area contributed by atoms with Crippen LogP contribution in [0.15, 0.2) is 0 Å². The summed E-state index contributed by atoms with van der Waals surface area (Å²) in [6.07, 6.45) is 2.18. The molecule has 0 aromatic carbocycles. The topological polar surface area (TPSA) is 98.7 Å². The summed E-state index contributed by atoms with van der Waals surface area (Å²) < 4.78 is 0. The number of urea groups is 1. The van der Waals surface area contributed by atoms with E-state index in [1.54, 1.807) is 0 Å². The minimum atomic E-state index is -0.991. The van der Waals surface area contributed by atoms with Crippen molar-refractivity contribution in [2.24, 2.45) is 5.92 Å². The first-order valence-corrected chi connectivity index (χ1v) is 7.41. The molecule has 1 saturated heterocycles. The van der Waals surface area contributed by atoms with Gasteiger partial charge < -0.3 is 20.6 Å². The van der Waals surface area contributed by atoms with Crippen LogP contribution >= 0.6 is 0 Å². The lowest BCUT2D eigenvalue weighted by atomic mass is 9.89. The molecule has 2 atom stereocenters. The van der Waals surface area contributed by atoms with Crippen molar-refractivity contribution in [3.05, 3.63) is 0 Å². The zero-order chi connectivity index (χ0) is 16.0. The molecule has 1 heterocycles. The van der Waals surface area contributed by atoms with E-state index in [-0.39, 0.29) is 18.5 Å². The quantitative estimate of drug-likeness (QED) is 0.699.